The lowest BCUT2D eigenvalue weighted by molar-refractivity contribution is -0.160. The number of hydrogen-bond donors (Lipinski definition) is 1. The van der Waals surface area contributed by atoms with E-state index in [1.807, 2.05) is 6.07 Å². The Kier molecular flexibility index (Phi) is 5.01. The van der Waals surface area contributed by atoms with Gasteiger partial charge in [0.2, 0.25) is 0 Å². The Morgan fingerprint density at radius 3 is 2.55 bits per heavy atom. The number of ketones is 1. The number of benzene rings is 1. The maximum Gasteiger partial charge on any atom is 0.330 e. The number of nitrogens with one attached hydrogen (secondary N) is 1. The van der Waals surface area contributed by atoms with E-state index in [-0.39, 0.29) is 24.7 Å². The third kappa shape index (κ3) is 3.99. The van der Waals surface area contributed by atoms with Crippen molar-refractivity contribution < 1.29 is 19.1 Å². The molecular weight excluding hydrogens is 258 g/mol. The van der Waals surface area contributed by atoms with Crippen LogP contribution < -0.4 is 5.32 Å². The van der Waals surface area contributed by atoms with Gasteiger partial charge in [-0.2, -0.15) is 0 Å². The molecule has 1 fully saturated rings. The number of esters is 2. The SMILES string of the molecule is O=C(CCC(=O)c1ccccc1)OC(=O)[C@@H]1CCCN1. The molecule has 1 aromatic rings. The largest absolute Gasteiger partial charge is 0.392 e. The zero-order chi connectivity index (χ0) is 14.4. The monoisotopic (exact) mass is 275 g/mol. The van der Waals surface area contributed by atoms with Crippen molar-refractivity contribution in [1.29, 1.82) is 0 Å². The van der Waals surface area contributed by atoms with Crippen molar-refractivity contribution >= 4 is 17.7 Å². The summed E-state index contributed by atoms with van der Waals surface area (Å²) in [4.78, 5) is 34.9. The van der Waals surface area contributed by atoms with Gasteiger partial charge in [-0.05, 0) is 19.4 Å². The summed E-state index contributed by atoms with van der Waals surface area (Å²) < 4.78 is 4.73. The van der Waals surface area contributed by atoms with E-state index in [0.717, 1.165) is 13.0 Å². The molecule has 0 unspecified atom stereocenters. The van der Waals surface area contributed by atoms with E-state index in [1.54, 1.807) is 24.3 Å². The summed E-state index contributed by atoms with van der Waals surface area (Å²) in [5.74, 6) is -1.32. The Morgan fingerprint density at radius 1 is 1.15 bits per heavy atom. The highest BCUT2D eigenvalue weighted by molar-refractivity contribution is 5.98. The fraction of sp³-hybridized carbons (Fsp3) is 0.400. The molecule has 1 aliphatic heterocycles. The number of carbonyl (C=O) groups is 3. The summed E-state index contributed by atoms with van der Waals surface area (Å²) >= 11 is 0. The summed E-state index contributed by atoms with van der Waals surface area (Å²) in [6.45, 7) is 0.764. The number of ether oxygens (including phenoxy) is 1. The van der Waals surface area contributed by atoms with Crippen LogP contribution in [0.5, 0.6) is 0 Å². The maximum absolute atomic E-state index is 11.8. The highest BCUT2D eigenvalue weighted by Crippen LogP contribution is 2.09. The summed E-state index contributed by atoms with van der Waals surface area (Å²) in [5.41, 5.74) is 0.559. The molecule has 1 N–H and O–H groups in total. The minimum absolute atomic E-state index is 0.0498. The van der Waals surface area contributed by atoms with Gasteiger partial charge in [0.1, 0.15) is 6.04 Å². The standard InChI is InChI=1S/C15H17NO4/c17-13(11-5-2-1-3-6-11)8-9-14(18)20-15(19)12-7-4-10-16-12/h1-3,5-6,12,16H,4,7-10H2/t12-/m0/s1. The lowest BCUT2D eigenvalue weighted by atomic mass is 10.1. The fourth-order valence-corrected chi connectivity index (χ4v) is 2.10. The molecule has 2 rings (SSSR count). The second kappa shape index (κ2) is 6.96. The van der Waals surface area contributed by atoms with Gasteiger partial charge in [-0.25, -0.2) is 4.79 Å². The minimum atomic E-state index is -0.645. The Hall–Kier alpha value is -2.01. The lowest BCUT2D eigenvalue weighted by Crippen LogP contribution is -2.33. The van der Waals surface area contributed by atoms with E-state index in [1.165, 1.54) is 0 Å². The van der Waals surface area contributed by atoms with Crippen molar-refractivity contribution in [3.05, 3.63) is 35.9 Å². The molecular formula is C15H17NO4. The van der Waals surface area contributed by atoms with Gasteiger partial charge in [-0.3, -0.25) is 9.59 Å². The average Bonchev–Trinajstić information content (AvgIpc) is 3.00. The number of hydrogen-bond acceptors (Lipinski definition) is 5. The van der Waals surface area contributed by atoms with E-state index < -0.39 is 11.9 Å². The summed E-state index contributed by atoms with van der Waals surface area (Å²) in [6.07, 6.45) is 1.57. The quantitative estimate of drug-likeness (QED) is 0.500. The number of Topliss-reactive ketones (excluding diaryl/α,β-unsaturated/α-hetero) is 1. The maximum atomic E-state index is 11.8. The predicted molar refractivity (Wildman–Crippen MR) is 72.1 cm³/mol. The van der Waals surface area contributed by atoms with Crippen LogP contribution in [-0.2, 0) is 14.3 Å². The topological polar surface area (TPSA) is 72.5 Å². The predicted octanol–water partition coefficient (Wildman–Crippen LogP) is 1.47. The Morgan fingerprint density at radius 2 is 1.90 bits per heavy atom. The van der Waals surface area contributed by atoms with Crippen LogP contribution in [0.15, 0.2) is 30.3 Å². The van der Waals surface area contributed by atoms with Crippen LogP contribution in [0.3, 0.4) is 0 Å². The molecule has 0 amide bonds. The molecule has 1 heterocycles. The van der Waals surface area contributed by atoms with Gasteiger partial charge in [0, 0.05) is 12.0 Å². The molecule has 1 saturated heterocycles. The molecule has 1 atom stereocenters. The van der Waals surface area contributed by atoms with E-state index in [9.17, 15) is 14.4 Å². The first-order chi connectivity index (χ1) is 9.66. The van der Waals surface area contributed by atoms with Gasteiger partial charge in [0.05, 0.1) is 6.42 Å². The molecule has 0 aromatic heterocycles. The summed E-state index contributed by atoms with van der Waals surface area (Å²) in [6, 6.07) is 8.35. The van der Waals surface area contributed by atoms with Gasteiger partial charge in [0.25, 0.3) is 0 Å². The molecule has 5 nitrogen and oxygen atoms in total. The second-order valence-corrected chi connectivity index (χ2v) is 4.73. The molecule has 0 bridgehead atoms. The second-order valence-electron chi connectivity index (χ2n) is 4.73. The van der Waals surface area contributed by atoms with Gasteiger partial charge in [-0.1, -0.05) is 30.3 Å². The highest BCUT2D eigenvalue weighted by atomic mass is 16.6. The fourth-order valence-electron chi connectivity index (χ4n) is 2.10. The smallest absolute Gasteiger partial charge is 0.330 e. The number of rotatable bonds is 5. The van der Waals surface area contributed by atoms with Crippen molar-refractivity contribution in [3.8, 4) is 0 Å². The average molecular weight is 275 g/mol. The van der Waals surface area contributed by atoms with E-state index in [0.29, 0.717) is 12.0 Å². The molecule has 20 heavy (non-hydrogen) atoms. The van der Waals surface area contributed by atoms with Crippen molar-refractivity contribution in [2.45, 2.75) is 31.7 Å². The van der Waals surface area contributed by atoms with Gasteiger partial charge in [-0.15, -0.1) is 0 Å². The summed E-state index contributed by atoms with van der Waals surface area (Å²) in [5, 5.41) is 2.96. The molecule has 0 spiro atoms. The van der Waals surface area contributed by atoms with Crippen LogP contribution in [-0.4, -0.2) is 30.3 Å². The molecule has 106 valence electrons. The van der Waals surface area contributed by atoms with Crippen molar-refractivity contribution in [2.24, 2.45) is 0 Å². The molecule has 0 saturated carbocycles. The van der Waals surface area contributed by atoms with E-state index in [4.69, 9.17) is 4.74 Å². The van der Waals surface area contributed by atoms with Crippen LogP contribution >= 0.6 is 0 Å². The van der Waals surface area contributed by atoms with E-state index >= 15 is 0 Å². The van der Waals surface area contributed by atoms with Crippen molar-refractivity contribution in [1.82, 2.24) is 5.32 Å². The first-order valence-electron chi connectivity index (χ1n) is 6.73. The van der Waals surface area contributed by atoms with Gasteiger partial charge < -0.3 is 10.1 Å². The molecule has 1 aliphatic rings. The zero-order valence-electron chi connectivity index (χ0n) is 11.1. The van der Waals surface area contributed by atoms with Crippen LogP contribution in [0.25, 0.3) is 0 Å². The van der Waals surface area contributed by atoms with Gasteiger partial charge in [0.15, 0.2) is 5.78 Å². The number of carbonyl (C=O) groups excluding carboxylic acids is 3. The van der Waals surface area contributed by atoms with Crippen molar-refractivity contribution in [3.63, 3.8) is 0 Å². The Bertz CT molecular complexity index is 492. The van der Waals surface area contributed by atoms with Crippen LogP contribution in [0.2, 0.25) is 0 Å². The minimum Gasteiger partial charge on any atom is -0.392 e. The van der Waals surface area contributed by atoms with Crippen LogP contribution in [0.1, 0.15) is 36.0 Å². The third-order valence-electron chi connectivity index (χ3n) is 3.21. The normalized spacial score (nSPS) is 17.7. The van der Waals surface area contributed by atoms with Crippen LogP contribution in [0, 0.1) is 0 Å². The third-order valence-corrected chi connectivity index (χ3v) is 3.21. The Labute approximate surface area is 117 Å². The van der Waals surface area contributed by atoms with Gasteiger partial charge >= 0.3 is 11.9 Å². The molecule has 5 heteroatoms. The molecule has 1 aromatic carbocycles. The first kappa shape index (κ1) is 14.4. The van der Waals surface area contributed by atoms with E-state index in [2.05, 4.69) is 5.32 Å². The zero-order valence-corrected chi connectivity index (χ0v) is 11.1. The highest BCUT2D eigenvalue weighted by Gasteiger charge is 2.25. The van der Waals surface area contributed by atoms with Crippen LogP contribution in [0.4, 0.5) is 0 Å². The first-order valence-corrected chi connectivity index (χ1v) is 6.73. The summed E-state index contributed by atoms with van der Waals surface area (Å²) in [7, 11) is 0. The Balaban J connectivity index is 1.75. The lowest BCUT2D eigenvalue weighted by Gasteiger charge is -2.08. The molecule has 0 aliphatic carbocycles. The van der Waals surface area contributed by atoms with Crippen molar-refractivity contribution in [2.75, 3.05) is 6.54 Å². The molecule has 0 radical (unpaired) electrons.